The number of aliphatic hydroxyl groups is 1. The molecule has 0 saturated heterocycles. The van der Waals surface area contributed by atoms with Crippen molar-refractivity contribution in [2.75, 3.05) is 5.32 Å². The quantitative estimate of drug-likeness (QED) is 0.763. The maximum Gasteiger partial charge on any atom is 0.257 e. The van der Waals surface area contributed by atoms with Gasteiger partial charge in [-0.1, -0.05) is 29.8 Å². The SMILES string of the molecule is Cc1cccc(C(=O)NC(=S)Nc2cccc(CO)c2)c1. The van der Waals surface area contributed by atoms with Crippen LogP contribution in [0.3, 0.4) is 0 Å². The van der Waals surface area contributed by atoms with E-state index in [1.54, 1.807) is 30.3 Å². The van der Waals surface area contributed by atoms with Crippen LogP contribution in [-0.4, -0.2) is 16.1 Å². The molecule has 21 heavy (non-hydrogen) atoms. The highest BCUT2D eigenvalue weighted by molar-refractivity contribution is 7.80. The second-order valence-corrected chi connectivity index (χ2v) is 5.04. The van der Waals surface area contributed by atoms with Crippen molar-refractivity contribution in [1.29, 1.82) is 0 Å². The highest BCUT2D eigenvalue weighted by Crippen LogP contribution is 2.10. The first kappa shape index (κ1) is 15.2. The molecular weight excluding hydrogens is 284 g/mol. The van der Waals surface area contributed by atoms with E-state index >= 15 is 0 Å². The lowest BCUT2D eigenvalue weighted by atomic mass is 10.1. The van der Waals surface area contributed by atoms with Gasteiger partial charge in [-0.25, -0.2) is 0 Å². The van der Waals surface area contributed by atoms with Gasteiger partial charge in [0, 0.05) is 11.3 Å². The molecule has 0 spiro atoms. The molecule has 108 valence electrons. The van der Waals surface area contributed by atoms with Crippen LogP contribution in [0.4, 0.5) is 5.69 Å². The Labute approximate surface area is 128 Å². The van der Waals surface area contributed by atoms with Gasteiger partial charge in [0.1, 0.15) is 0 Å². The van der Waals surface area contributed by atoms with E-state index in [-0.39, 0.29) is 17.6 Å². The van der Waals surface area contributed by atoms with Crippen molar-refractivity contribution in [3.05, 3.63) is 65.2 Å². The zero-order chi connectivity index (χ0) is 15.2. The third-order valence-electron chi connectivity index (χ3n) is 2.87. The van der Waals surface area contributed by atoms with Crippen LogP contribution in [-0.2, 0) is 6.61 Å². The Morgan fingerprint density at radius 1 is 1.19 bits per heavy atom. The predicted molar refractivity (Wildman–Crippen MR) is 87.2 cm³/mol. The van der Waals surface area contributed by atoms with E-state index in [0.717, 1.165) is 16.8 Å². The number of aliphatic hydroxyl groups excluding tert-OH is 1. The highest BCUT2D eigenvalue weighted by atomic mass is 32.1. The van der Waals surface area contributed by atoms with Crippen LogP contribution in [0.5, 0.6) is 0 Å². The average Bonchev–Trinajstić information content (AvgIpc) is 2.47. The Bertz CT molecular complexity index is 671. The van der Waals surface area contributed by atoms with E-state index in [1.165, 1.54) is 0 Å². The fourth-order valence-corrected chi connectivity index (χ4v) is 2.08. The number of nitrogens with one attached hydrogen (secondary N) is 2. The minimum atomic E-state index is -0.255. The molecule has 0 aromatic heterocycles. The summed E-state index contributed by atoms with van der Waals surface area (Å²) < 4.78 is 0. The summed E-state index contributed by atoms with van der Waals surface area (Å²) in [5.74, 6) is -0.255. The van der Waals surface area contributed by atoms with Gasteiger partial charge in [-0.15, -0.1) is 0 Å². The van der Waals surface area contributed by atoms with Crippen LogP contribution < -0.4 is 10.6 Å². The number of hydrogen-bond donors (Lipinski definition) is 3. The van der Waals surface area contributed by atoms with Gasteiger partial charge in [-0.2, -0.15) is 0 Å². The summed E-state index contributed by atoms with van der Waals surface area (Å²) in [6.07, 6.45) is 0. The van der Waals surface area contributed by atoms with Crippen LogP contribution in [0.15, 0.2) is 48.5 Å². The summed E-state index contributed by atoms with van der Waals surface area (Å²) in [6.45, 7) is 1.88. The number of carbonyl (C=O) groups is 1. The fraction of sp³-hybridized carbons (Fsp3) is 0.125. The van der Waals surface area contributed by atoms with Gasteiger partial charge in [0.05, 0.1) is 6.61 Å². The number of amides is 1. The topological polar surface area (TPSA) is 61.4 Å². The minimum absolute atomic E-state index is 0.0437. The largest absolute Gasteiger partial charge is 0.392 e. The van der Waals surface area contributed by atoms with Gasteiger partial charge in [0.25, 0.3) is 5.91 Å². The van der Waals surface area contributed by atoms with Gasteiger partial charge < -0.3 is 10.4 Å². The van der Waals surface area contributed by atoms with E-state index in [1.807, 2.05) is 25.1 Å². The molecule has 2 aromatic rings. The van der Waals surface area contributed by atoms with Crippen molar-refractivity contribution in [1.82, 2.24) is 5.32 Å². The first-order chi connectivity index (χ1) is 10.1. The minimum Gasteiger partial charge on any atom is -0.392 e. The molecule has 0 aliphatic rings. The number of rotatable bonds is 3. The maximum atomic E-state index is 12.0. The first-order valence-electron chi connectivity index (χ1n) is 6.47. The third-order valence-corrected chi connectivity index (χ3v) is 3.08. The van der Waals surface area contributed by atoms with Gasteiger partial charge in [0.15, 0.2) is 5.11 Å². The molecule has 0 aliphatic heterocycles. The van der Waals surface area contributed by atoms with Crippen molar-refractivity contribution in [3.63, 3.8) is 0 Å². The molecule has 0 saturated carbocycles. The van der Waals surface area contributed by atoms with Crippen LogP contribution in [0.25, 0.3) is 0 Å². The van der Waals surface area contributed by atoms with E-state index in [0.29, 0.717) is 5.56 Å². The van der Waals surface area contributed by atoms with E-state index in [4.69, 9.17) is 17.3 Å². The number of anilines is 1. The number of benzene rings is 2. The van der Waals surface area contributed by atoms with Gasteiger partial charge >= 0.3 is 0 Å². The third kappa shape index (κ3) is 4.37. The lowest BCUT2D eigenvalue weighted by molar-refractivity contribution is 0.0977. The maximum absolute atomic E-state index is 12.0. The normalized spacial score (nSPS) is 10.0. The molecule has 1 amide bonds. The van der Waals surface area contributed by atoms with Crippen molar-refractivity contribution >= 4 is 28.9 Å². The Balaban J connectivity index is 1.99. The van der Waals surface area contributed by atoms with Gasteiger partial charge in [0.2, 0.25) is 0 Å². The molecule has 2 aromatic carbocycles. The van der Waals surface area contributed by atoms with Crippen molar-refractivity contribution in [2.24, 2.45) is 0 Å². The molecule has 2 rings (SSSR count). The highest BCUT2D eigenvalue weighted by Gasteiger charge is 2.08. The van der Waals surface area contributed by atoms with Crippen molar-refractivity contribution in [2.45, 2.75) is 13.5 Å². The van der Waals surface area contributed by atoms with Crippen molar-refractivity contribution < 1.29 is 9.90 Å². The predicted octanol–water partition coefficient (Wildman–Crippen LogP) is 2.61. The molecule has 0 fully saturated rings. The van der Waals surface area contributed by atoms with Crippen LogP contribution in [0, 0.1) is 6.92 Å². The molecular formula is C16H16N2O2S. The Morgan fingerprint density at radius 3 is 2.67 bits per heavy atom. The number of aryl methyl sites for hydroxylation is 1. The van der Waals surface area contributed by atoms with Gasteiger partial charge in [-0.05, 0) is 49.0 Å². The monoisotopic (exact) mass is 300 g/mol. The first-order valence-corrected chi connectivity index (χ1v) is 6.88. The standard InChI is InChI=1S/C16H16N2O2S/c1-11-4-2-6-13(8-11)15(20)18-16(21)17-14-7-3-5-12(9-14)10-19/h2-9,19H,10H2,1H3,(H2,17,18,20,21). The summed E-state index contributed by atoms with van der Waals surface area (Å²) >= 11 is 5.12. The molecule has 0 bridgehead atoms. The van der Waals surface area contributed by atoms with Crippen molar-refractivity contribution in [3.8, 4) is 0 Å². The number of hydrogen-bond acceptors (Lipinski definition) is 3. The zero-order valence-electron chi connectivity index (χ0n) is 11.6. The zero-order valence-corrected chi connectivity index (χ0v) is 12.4. The summed E-state index contributed by atoms with van der Waals surface area (Å²) in [5, 5.41) is 14.9. The smallest absolute Gasteiger partial charge is 0.257 e. The molecule has 0 radical (unpaired) electrons. The van der Waals surface area contributed by atoms with Crippen LogP contribution in [0.2, 0.25) is 0 Å². The van der Waals surface area contributed by atoms with E-state index in [2.05, 4.69) is 10.6 Å². The second-order valence-electron chi connectivity index (χ2n) is 4.64. The van der Waals surface area contributed by atoms with Crippen LogP contribution in [0.1, 0.15) is 21.5 Å². The lowest BCUT2D eigenvalue weighted by Crippen LogP contribution is -2.34. The summed E-state index contributed by atoms with van der Waals surface area (Å²) in [7, 11) is 0. The Morgan fingerprint density at radius 2 is 1.95 bits per heavy atom. The van der Waals surface area contributed by atoms with E-state index < -0.39 is 0 Å². The number of thiocarbonyl (C=S) groups is 1. The number of carbonyl (C=O) groups excluding carboxylic acids is 1. The summed E-state index contributed by atoms with van der Waals surface area (Å²) in [4.78, 5) is 12.0. The average molecular weight is 300 g/mol. The summed E-state index contributed by atoms with van der Waals surface area (Å²) in [6, 6.07) is 14.5. The molecule has 0 heterocycles. The Kier molecular flexibility index (Phi) is 5.03. The second kappa shape index (κ2) is 6.97. The lowest BCUT2D eigenvalue weighted by Gasteiger charge is -2.10. The molecule has 5 heteroatoms. The Hall–Kier alpha value is -2.24. The molecule has 0 atom stereocenters. The molecule has 3 N–H and O–H groups in total. The van der Waals surface area contributed by atoms with E-state index in [9.17, 15) is 4.79 Å². The molecule has 4 nitrogen and oxygen atoms in total. The van der Waals surface area contributed by atoms with Gasteiger partial charge in [-0.3, -0.25) is 10.1 Å². The molecule has 0 aliphatic carbocycles. The summed E-state index contributed by atoms with van der Waals surface area (Å²) in [5.41, 5.74) is 3.06. The van der Waals surface area contributed by atoms with Crippen LogP contribution >= 0.6 is 12.2 Å². The fourth-order valence-electron chi connectivity index (χ4n) is 1.87. The molecule has 0 unspecified atom stereocenters.